The summed E-state index contributed by atoms with van der Waals surface area (Å²) in [4.78, 5) is 11.8. The maximum Gasteiger partial charge on any atom is 0.240 e. The van der Waals surface area contributed by atoms with Gasteiger partial charge < -0.3 is 10.6 Å². The molecule has 1 aliphatic heterocycles. The number of unbranched alkanes of at least 4 members (excludes halogenated alkanes) is 2. The minimum Gasteiger partial charge on any atom is -0.355 e. The van der Waals surface area contributed by atoms with Crippen LogP contribution in [0.1, 0.15) is 46.0 Å². The topological polar surface area (TPSA) is 41.1 Å². The number of amides is 1. The highest BCUT2D eigenvalue weighted by Gasteiger charge is 2.35. The summed E-state index contributed by atoms with van der Waals surface area (Å²) in [6.45, 7) is 5.96. The SMILES string of the molecule is CCCCCNC(=O)C1(C)CCCN1. The van der Waals surface area contributed by atoms with Crippen molar-refractivity contribution in [2.75, 3.05) is 13.1 Å². The second-order valence-corrected chi connectivity index (χ2v) is 4.33. The Labute approximate surface area is 86.6 Å². The van der Waals surface area contributed by atoms with Crippen LogP contribution in [0.4, 0.5) is 0 Å². The maximum atomic E-state index is 11.8. The standard InChI is InChI=1S/C11H22N2O/c1-3-4-5-8-12-10(14)11(2)7-6-9-13-11/h13H,3-9H2,1-2H3,(H,12,14). The first kappa shape index (κ1) is 11.5. The van der Waals surface area contributed by atoms with E-state index in [1.165, 1.54) is 12.8 Å². The zero-order valence-electron chi connectivity index (χ0n) is 9.36. The number of rotatable bonds is 5. The van der Waals surface area contributed by atoms with Crippen molar-refractivity contribution in [3.8, 4) is 0 Å². The van der Waals surface area contributed by atoms with Gasteiger partial charge >= 0.3 is 0 Å². The molecule has 1 saturated heterocycles. The number of carbonyl (C=O) groups excluding carboxylic acids is 1. The van der Waals surface area contributed by atoms with Gasteiger partial charge in [0.1, 0.15) is 0 Å². The molecule has 2 N–H and O–H groups in total. The van der Waals surface area contributed by atoms with Crippen LogP contribution in [-0.4, -0.2) is 24.5 Å². The van der Waals surface area contributed by atoms with Crippen LogP contribution in [0.25, 0.3) is 0 Å². The van der Waals surface area contributed by atoms with Crippen molar-refractivity contribution in [3.05, 3.63) is 0 Å². The van der Waals surface area contributed by atoms with E-state index < -0.39 is 0 Å². The largest absolute Gasteiger partial charge is 0.355 e. The fourth-order valence-corrected chi connectivity index (χ4v) is 1.86. The monoisotopic (exact) mass is 198 g/mol. The molecule has 14 heavy (non-hydrogen) atoms. The van der Waals surface area contributed by atoms with Crippen molar-refractivity contribution in [1.82, 2.24) is 10.6 Å². The molecule has 1 heterocycles. The Morgan fingerprint density at radius 1 is 1.50 bits per heavy atom. The molecule has 3 heteroatoms. The molecule has 1 fully saturated rings. The van der Waals surface area contributed by atoms with Crippen molar-refractivity contribution in [2.24, 2.45) is 0 Å². The van der Waals surface area contributed by atoms with Crippen LogP contribution < -0.4 is 10.6 Å². The summed E-state index contributed by atoms with van der Waals surface area (Å²) in [6.07, 6.45) is 5.57. The molecule has 0 aromatic carbocycles. The Bertz CT molecular complexity index is 186. The first-order valence-corrected chi connectivity index (χ1v) is 5.72. The Morgan fingerprint density at radius 2 is 2.29 bits per heavy atom. The minimum absolute atomic E-state index is 0.172. The van der Waals surface area contributed by atoms with Gasteiger partial charge in [-0.05, 0) is 32.7 Å². The highest BCUT2D eigenvalue weighted by molar-refractivity contribution is 5.86. The lowest BCUT2D eigenvalue weighted by Gasteiger charge is -2.22. The third-order valence-electron chi connectivity index (χ3n) is 2.94. The minimum atomic E-state index is -0.299. The predicted molar refractivity (Wildman–Crippen MR) is 58.2 cm³/mol. The van der Waals surface area contributed by atoms with E-state index in [1.807, 2.05) is 6.92 Å². The molecule has 3 nitrogen and oxygen atoms in total. The van der Waals surface area contributed by atoms with Crippen LogP contribution in [0.3, 0.4) is 0 Å². The van der Waals surface area contributed by atoms with E-state index in [9.17, 15) is 4.79 Å². The Balaban J connectivity index is 2.20. The quantitative estimate of drug-likeness (QED) is 0.656. The molecular formula is C11H22N2O. The fourth-order valence-electron chi connectivity index (χ4n) is 1.86. The van der Waals surface area contributed by atoms with Crippen molar-refractivity contribution in [1.29, 1.82) is 0 Å². The molecular weight excluding hydrogens is 176 g/mol. The van der Waals surface area contributed by atoms with E-state index in [0.29, 0.717) is 0 Å². The maximum absolute atomic E-state index is 11.8. The number of nitrogens with one attached hydrogen (secondary N) is 2. The second kappa shape index (κ2) is 5.35. The molecule has 0 saturated carbocycles. The zero-order chi connectivity index (χ0) is 10.4. The van der Waals surface area contributed by atoms with E-state index in [2.05, 4.69) is 17.6 Å². The van der Waals surface area contributed by atoms with Gasteiger partial charge in [0, 0.05) is 6.54 Å². The number of hydrogen-bond donors (Lipinski definition) is 2. The lowest BCUT2D eigenvalue weighted by molar-refractivity contribution is -0.126. The third-order valence-corrected chi connectivity index (χ3v) is 2.94. The predicted octanol–water partition coefficient (Wildman–Crippen LogP) is 1.43. The van der Waals surface area contributed by atoms with E-state index in [0.717, 1.165) is 32.4 Å². The van der Waals surface area contributed by atoms with Gasteiger partial charge in [-0.3, -0.25) is 4.79 Å². The summed E-state index contributed by atoms with van der Waals surface area (Å²) in [5.41, 5.74) is -0.299. The molecule has 1 aliphatic rings. The van der Waals surface area contributed by atoms with Gasteiger partial charge in [-0.2, -0.15) is 0 Å². The Kier molecular flexibility index (Phi) is 4.39. The van der Waals surface area contributed by atoms with Crippen LogP contribution in [0.2, 0.25) is 0 Å². The fraction of sp³-hybridized carbons (Fsp3) is 0.909. The molecule has 82 valence electrons. The van der Waals surface area contributed by atoms with Crippen molar-refractivity contribution in [3.63, 3.8) is 0 Å². The molecule has 1 amide bonds. The smallest absolute Gasteiger partial charge is 0.240 e. The average Bonchev–Trinajstić information content (AvgIpc) is 2.61. The highest BCUT2D eigenvalue weighted by Crippen LogP contribution is 2.18. The lowest BCUT2D eigenvalue weighted by atomic mass is 9.99. The van der Waals surface area contributed by atoms with E-state index in [1.54, 1.807) is 0 Å². The van der Waals surface area contributed by atoms with E-state index >= 15 is 0 Å². The summed E-state index contributed by atoms with van der Waals surface area (Å²) < 4.78 is 0. The van der Waals surface area contributed by atoms with E-state index in [4.69, 9.17) is 0 Å². The molecule has 1 unspecified atom stereocenters. The summed E-state index contributed by atoms with van der Waals surface area (Å²) in [5.74, 6) is 0.172. The van der Waals surface area contributed by atoms with Gasteiger partial charge in [0.25, 0.3) is 0 Å². The number of carbonyl (C=O) groups is 1. The summed E-state index contributed by atoms with van der Waals surface area (Å²) in [7, 11) is 0. The van der Waals surface area contributed by atoms with Crippen molar-refractivity contribution in [2.45, 2.75) is 51.5 Å². The first-order chi connectivity index (χ1) is 6.69. The highest BCUT2D eigenvalue weighted by atomic mass is 16.2. The average molecular weight is 198 g/mol. The van der Waals surface area contributed by atoms with Gasteiger partial charge in [0.2, 0.25) is 5.91 Å². The Morgan fingerprint density at radius 3 is 2.86 bits per heavy atom. The normalized spacial score (nSPS) is 26.4. The molecule has 0 spiro atoms. The second-order valence-electron chi connectivity index (χ2n) is 4.33. The molecule has 0 radical (unpaired) electrons. The molecule has 1 atom stereocenters. The Hall–Kier alpha value is -0.570. The van der Waals surface area contributed by atoms with Crippen molar-refractivity contribution >= 4 is 5.91 Å². The molecule has 0 bridgehead atoms. The van der Waals surface area contributed by atoms with Crippen LogP contribution in [0.5, 0.6) is 0 Å². The molecule has 1 rings (SSSR count). The first-order valence-electron chi connectivity index (χ1n) is 5.72. The van der Waals surface area contributed by atoms with Gasteiger partial charge in [-0.1, -0.05) is 19.8 Å². The van der Waals surface area contributed by atoms with Gasteiger partial charge in [0.05, 0.1) is 5.54 Å². The molecule has 0 aromatic rings. The molecule has 0 aliphatic carbocycles. The summed E-state index contributed by atoms with van der Waals surface area (Å²) in [6, 6.07) is 0. The number of hydrogen-bond acceptors (Lipinski definition) is 2. The van der Waals surface area contributed by atoms with Gasteiger partial charge in [0.15, 0.2) is 0 Å². The van der Waals surface area contributed by atoms with Crippen LogP contribution in [-0.2, 0) is 4.79 Å². The van der Waals surface area contributed by atoms with Crippen molar-refractivity contribution < 1.29 is 4.79 Å². The van der Waals surface area contributed by atoms with Crippen LogP contribution in [0.15, 0.2) is 0 Å². The van der Waals surface area contributed by atoms with Crippen LogP contribution in [0, 0.1) is 0 Å². The van der Waals surface area contributed by atoms with Gasteiger partial charge in [-0.25, -0.2) is 0 Å². The van der Waals surface area contributed by atoms with E-state index in [-0.39, 0.29) is 11.4 Å². The zero-order valence-corrected chi connectivity index (χ0v) is 9.36. The third kappa shape index (κ3) is 2.98. The van der Waals surface area contributed by atoms with Gasteiger partial charge in [-0.15, -0.1) is 0 Å². The summed E-state index contributed by atoms with van der Waals surface area (Å²) >= 11 is 0. The molecule has 0 aromatic heterocycles. The lowest BCUT2D eigenvalue weighted by Crippen LogP contribution is -2.51. The summed E-state index contributed by atoms with van der Waals surface area (Å²) in [5, 5.41) is 6.26. The van der Waals surface area contributed by atoms with Crippen LogP contribution >= 0.6 is 0 Å².